The molecule has 0 atom stereocenters. The van der Waals surface area contributed by atoms with E-state index in [1.54, 1.807) is 11.1 Å². The average Bonchev–Trinajstić information content (AvgIpc) is 2.96. The Labute approximate surface area is 131 Å². The molecule has 1 amide bonds. The molecule has 1 aliphatic carbocycles. The van der Waals surface area contributed by atoms with Crippen LogP contribution in [-0.4, -0.2) is 35.1 Å². The molecular weight excluding hydrogens is 278 g/mol. The van der Waals surface area contributed by atoms with Crippen LogP contribution in [0.1, 0.15) is 51.1 Å². The minimum Gasteiger partial charge on any atom is -0.384 e. The van der Waals surface area contributed by atoms with Gasteiger partial charge in [0.15, 0.2) is 0 Å². The van der Waals surface area contributed by atoms with E-state index in [1.807, 2.05) is 12.1 Å². The van der Waals surface area contributed by atoms with Crippen LogP contribution in [0.4, 0.5) is 5.69 Å². The summed E-state index contributed by atoms with van der Waals surface area (Å²) in [6.45, 7) is 3.86. The molecule has 2 fully saturated rings. The van der Waals surface area contributed by atoms with Gasteiger partial charge in [-0.3, -0.25) is 9.78 Å². The molecule has 1 aromatic rings. The molecule has 1 saturated heterocycles. The van der Waals surface area contributed by atoms with Crippen molar-refractivity contribution in [2.24, 2.45) is 0 Å². The van der Waals surface area contributed by atoms with Crippen LogP contribution in [-0.2, 0) is 10.4 Å². The zero-order valence-corrected chi connectivity index (χ0v) is 13.2. The summed E-state index contributed by atoms with van der Waals surface area (Å²) in [5.74, 6) is 0.166. The number of hydrogen-bond donors (Lipinski definition) is 2. The first-order valence-electron chi connectivity index (χ1n) is 8.35. The highest BCUT2D eigenvalue weighted by Gasteiger charge is 2.36. The number of carbonyl (C=O) groups is 1. The van der Waals surface area contributed by atoms with Gasteiger partial charge in [0.05, 0.1) is 17.6 Å². The minimum atomic E-state index is -0.820. The first kappa shape index (κ1) is 15.4. The summed E-state index contributed by atoms with van der Waals surface area (Å²) in [6, 6.07) is 4.31. The van der Waals surface area contributed by atoms with Crippen molar-refractivity contribution < 1.29 is 9.90 Å². The second-order valence-electron chi connectivity index (χ2n) is 6.41. The molecule has 5 nitrogen and oxygen atoms in total. The molecule has 2 N–H and O–H groups in total. The molecule has 2 heterocycles. The molecule has 0 radical (unpaired) electrons. The van der Waals surface area contributed by atoms with Gasteiger partial charge in [-0.05, 0) is 50.8 Å². The smallest absolute Gasteiger partial charge is 0.227 e. The van der Waals surface area contributed by atoms with E-state index < -0.39 is 5.60 Å². The monoisotopic (exact) mass is 303 g/mol. The summed E-state index contributed by atoms with van der Waals surface area (Å²) in [6.07, 6.45) is 6.68. The number of hydrogen-bond acceptors (Lipinski definition) is 4. The third-order valence-electron chi connectivity index (χ3n) is 4.92. The van der Waals surface area contributed by atoms with E-state index in [1.165, 1.54) is 0 Å². The van der Waals surface area contributed by atoms with Crippen LogP contribution in [0, 0.1) is 0 Å². The van der Waals surface area contributed by atoms with Crippen molar-refractivity contribution in [1.29, 1.82) is 0 Å². The third-order valence-corrected chi connectivity index (χ3v) is 4.92. The molecule has 0 spiro atoms. The Kier molecular flexibility index (Phi) is 4.45. The quantitative estimate of drug-likeness (QED) is 0.892. The van der Waals surface area contributed by atoms with Crippen molar-refractivity contribution in [2.45, 2.75) is 57.1 Å². The Morgan fingerprint density at radius 3 is 2.73 bits per heavy atom. The molecule has 3 rings (SSSR count). The second-order valence-corrected chi connectivity index (χ2v) is 6.41. The lowest BCUT2D eigenvalue weighted by atomic mass is 9.80. The van der Waals surface area contributed by atoms with Crippen molar-refractivity contribution in [2.75, 3.05) is 18.0 Å². The number of pyridine rings is 1. The second kappa shape index (κ2) is 6.34. The van der Waals surface area contributed by atoms with Crippen LogP contribution in [0.25, 0.3) is 0 Å². The van der Waals surface area contributed by atoms with E-state index in [9.17, 15) is 9.90 Å². The summed E-state index contributed by atoms with van der Waals surface area (Å²) in [4.78, 5) is 18.0. The fraction of sp³-hybridized carbons (Fsp3) is 0.647. The van der Waals surface area contributed by atoms with Crippen LogP contribution in [0.15, 0.2) is 18.3 Å². The van der Waals surface area contributed by atoms with Gasteiger partial charge >= 0.3 is 0 Å². The molecule has 1 saturated carbocycles. The summed E-state index contributed by atoms with van der Waals surface area (Å²) >= 11 is 0. The maximum absolute atomic E-state index is 11.8. The Balaban J connectivity index is 1.69. The van der Waals surface area contributed by atoms with Crippen LogP contribution in [0.3, 0.4) is 0 Å². The summed E-state index contributed by atoms with van der Waals surface area (Å²) in [5.41, 5.74) is 0.758. The van der Waals surface area contributed by atoms with E-state index in [2.05, 4.69) is 17.2 Å². The van der Waals surface area contributed by atoms with Crippen LogP contribution >= 0.6 is 0 Å². The van der Waals surface area contributed by atoms with Crippen LogP contribution in [0.2, 0.25) is 0 Å². The molecule has 0 aromatic carbocycles. The fourth-order valence-electron chi connectivity index (χ4n) is 3.59. The Morgan fingerprint density at radius 2 is 2.18 bits per heavy atom. The largest absolute Gasteiger partial charge is 0.384 e. The first-order chi connectivity index (χ1) is 10.6. The number of aromatic nitrogens is 1. The van der Waals surface area contributed by atoms with Crippen LogP contribution < -0.4 is 10.2 Å². The van der Waals surface area contributed by atoms with Crippen molar-refractivity contribution in [3.63, 3.8) is 0 Å². The fourth-order valence-corrected chi connectivity index (χ4v) is 3.59. The van der Waals surface area contributed by atoms with Crippen molar-refractivity contribution >= 4 is 11.6 Å². The predicted octanol–water partition coefficient (Wildman–Crippen LogP) is 1.95. The van der Waals surface area contributed by atoms with E-state index in [0.717, 1.165) is 56.6 Å². The van der Waals surface area contributed by atoms with Gasteiger partial charge in [-0.1, -0.05) is 6.92 Å². The molecule has 0 bridgehead atoms. The molecule has 1 aliphatic heterocycles. The van der Waals surface area contributed by atoms with Gasteiger partial charge < -0.3 is 15.3 Å². The summed E-state index contributed by atoms with van der Waals surface area (Å²) in [7, 11) is 0. The lowest BCUT2D eigenvalue weighted by Gasteiger charge is -2.36. The Morgan fingerprint density at radius 1 is 1.41 bits per heavy atom. The topological polar surface area (TPSA) is 65.5 Å². The number of amides is 1. The normalized spacial score (nSPS) is 29.1. The minimum absolute atomic E-state index is 0.166. The number of nitrogens with zero attached hydrogens (tertiary/aromatic N) is 2. The maximum Gasteiger partial charge on any atom is 0.227 e. The predicted molar refractivity (Wildman–Crippen MR) is 85.7 cm³/mol. The van der Waals surface area contributed by atoms with Crippen molar-refractivity contribution in [3.8, 4) is 0 Å². The zero-order chi connectivity index (χ0) is 15.6. The van der Waals surface area contributed by atoms with Gasteiger partial charge in [0.1, 0.15) is 5.60 Å². The average molecular weight is 303 g/mol. The van der Waals surface area contributed by atoms with Gasteiger partial charge in [-0.25, -0.2) is 0 Å². The van der Waals surface area contributed by atoms with Gasteiger partial charge in [-0.2, -0.15) is 0 Å². The van der Waals surface area contributed by atoms with Gasteiger partial charge in [0.2, 0.25) is 5.91 Å². The number of anilines is 1. The number of carbonyl (C=O) groups excluding carboxylic acids is 1. The SMILES string of the molecule is CCNC1CCC(O)(c2ccc(N3CCCC3=O)cn2)CC1. The van der Waals surface area contributed by atoms with E-state index in [-0.39, 0.29) is 5.91 Å². The molecule has 0 unspecified atom stereocenters. The molecule has 22 heavy (non-hydrogen) atoms. The lowest BCUT2D eigenvalue weighted by Crippen LogP contribution is -2.40. The first-order valence-corrected chi connectivity index (χ1v) is 8.35. The van der Waals surface area contributed by atoms with Gasteiger partial charge in [0, 0.05) is 19.0 Å². The van der Waals surface area contributed by atoms with Crippen molar-refractivity contribution in [1.82, 2.24) is 10.3 Å². The van der Waals surface area contributed by atoms with E-state index >= 15 is 0 Å². The van der Waals surface area contributed by atoms with E-state index in [4.69, 9.17) is 0 Å². The Bertz CT molecular complexity index is 521. The zero-order valence-electron chi connectivity index (χ0n) is 13.2. The number of nitrogens with one attached hydrogen (secondary N) is 1. The summed E-state index contributed by atoms with van der Waals surface area (Å²) < 4.78 is 0. The molecule has 120 valence electrons. The highest BCUT2D eigenvalue weighted by Crippen LogP contribution is 2.36. The summed E-state index contributed by atoms with van der Waals surface area (Å²) in [5, 5.41) is 14.3. The third kappa shape index (κ3) is 3.01. The van der Waals surface area contributed by atoms with Gasteiger partial charge in [0.25, 0.3) is 0 Å². The highest BCUT2D eigenvalue weighted by molar-refractivity contribution is 5.95. The van der Waals surface area contributed by atoms with Crippen LogP contribution in [0.5, 0.6) is 0 Å². The van der Waals surface area contributed by atoms with E-state index in [0.29, 0.717) is 12.5 Å². The van der Waals surface area contributed by atoms with Crippen molar-refractivity contribution in [3.05, 3.63) is 24.0 Å². The number of aliphatic hydroxyl groups is 1. The molecule has 1 aromatic heterocycles. The maximum atomic E-state index is 11.8. The standard InChI is InChI=1S/C17H25N3O2/c1-2-18-13-7-9-17(22,10-8-13)15-6-5-14(12-19-15)20-11-3-4-16(20)21/h5-6,12-13,18,22H,2-4,7-11H2,1H3. The lowest BCUT2D eigenvalue weighted by molar-refractivity contribution is -0.117. The van der Waals surface area contributed by atoms with Gasteiger partial charge in [-0.15, -0.1) is 0 Å². The Hall–Kier alpha value is -1.46. The molecule has 5 heteroatoms. The number of rotatable bonds is 4. The molecular formula is C17H25N3O2. The highest BCUT2D eigenvalue weighted by atomic mass is 16.3. The molecule has 2 aliphatic rings.